The Balaban J connectivity index is 2.75. The van der Waals surface area contributed by atoms with Gasteiger partial charge in [0.1, 0.15) is 0 Å². The van der Waals surface area contributed by atoms with Crippen molar-refractivity contribution in [1.29, 1.82) is 0 Å². The summed E-state index contributed by atoms with van der Waals surface area (Å²) in [5.41, 5.74) is 1.26. The Morgan fingerprint density at radius 2 is 1.88 bits per heavy atom. The van der Waals surface area contributed by atoms with Crippen LogP contribution in [0.3, 0.4) is 0 Å². The zero-order valence-corrected chi connectivity index (χ0v) is 10.4. The van der Waals surface area contributed by atoms with Crippen LogP contribution >= 0.6 is 0 Å². The number of nitrogens with one attached hydrogen (secondary N) is 1. The molecule has 1 unspecified atom stereocenters. The second-order valence-electron chi connectivity index (χ2n) is 4.61. The minimum absolute atomic E-state index is 0.120. The van der Waals surface area contributed by atoms with Gasteiger partial charge in [0.25, 0.3) is 0 Å². The van der Waals surface area contributed by atoms with Gasteiger partial charge >= 0.3 is 0 Å². The van der Waals surface area contributed by atoms with Crippen molar-refractivity contribution in [2.45, 2.75) is 32.6 Å². The summed E-state index contributed by atoms with van der Waals surface area (Å²) in [5, 5.41) is 2.70. The molecule has 1 aromatic rings. The molecule has 88 valence electrons. The monoisotopic (exact) mass is 219 g/mol. The van der Waals surface area contributed by atoms with Gasteiger partial charge in [0.15, 0.2) is 0 Å². The Hall–Kier alpha value is -1.31. The summed E-state index contributed by atoms with van der Waals surface area (Å²) in [6.07, 6.45) is 1.64. The van der Waals surface area contributed by atoms with Crippen LogP contribution in [0.25, 0.3) is 0 Å². The fraction of sp³-hybridized carbons (Fsp3) is 0.500. The number of hydrogen-bond acceptors (Lipinski definition) is 1. The molecule has 1 rings (SSSR count). The minimum Gasteiger partial charge on any atom is -0.359 e. The van der Waals surface area contributed by atoms with Crippen molar-refractivity contribution in [1.82, 2.24) is 5.32 Å². The number of benzene rings is 1. The van der Waals surface area contributed by atoms with Crippen molar-refractivity contribution >= 4 is 5.91 Å². The maximum atomic E-state index is 11.5. The van der Waals surface area contributed by atoms with E-state index in [1.54, 1.807) is 7.05 Å². The van der Waals surface area contributed by atoms with Crippen molar-refractivity contribution < 1.29 is 4.79 Å². The third kappa shape index (κ3) is 4.05. The first-order valence-corrected chi connectivity index (χ1v) is 5.89. The minimum atomic E-state index is 0.120. The van der Waals surface area contributed by atoms with E-state index < -0.39 is 0 Å². The van der Waals surface area contributed by atoms with E-state index in [1.807, 2.05) is 18.2 Å². The van der Waals surface area contributed by atoms with E-state index in [9.17, 15) is 4.79 Å². The first-order valence-electron chi connectivity index (χ1n) is 5.89. The predicted octanol–water partition coefficient (Wildman–Crippen LogP) is 2.95. The molecule has 0 radical (unpaired) electrons. The second-order valence-corrected chi connectivity index (χ2v) is 4.61. The van der Waals surface area contributed by atoms with Crippen molar-refractivity contribution in [2.24, 2.45) is 5.92 Å². The SMILES string of the molecule is CNC(=O)CC(CC(C)C)c1ccccc1. The van der Waals surface area contributed by atoms with E-state index in [0.717, 1.165) is 6.42 Å². The van der Waals surface area contributed by atoms with Crippen LogP contribution in [0.15, 0.2) is 30.3 Å². The van der Waals surface area contributed by atoms with E-state index in [2.05, 4.69) is 31.3 Å². The standard InChI is InChI=1S/C14H21NO/c1-11(2)9-13(10-14(16)15-3)12-7-5-4-6-8-12/h4-8,11,13H,9-10H2,1-3H3,(H,15,16). The van der Waals surface area contributed by atoms with E-state index in [4.69, 9.17) is 0 Å². The zero-order valence-electron chi connectivity index (χ0n) is 10.4. The van der Waals surface area contributed by atoms with Crippen LogP contribution in [0.4, 0.5) is 0 Å². The van der Waals surface area contributed by atoms with Crippen LogP contribution in [0.1, 0.15) is 38.2 Å². The second kappa shape index (κ2) is 6.31. The largest absolute Gasteiger partial charge is 0.359 e. The molecule has 1 N–H and O–H groups in total. The number of amides is 1. The maximum Gasteiger partial charge on any atom is 0.220 e. The van der Waals surface area contributed by atoms with Gasteiger partial charge in [0, 0.05) is 13.5 Å². The number of carbonyl (C=O) groups is 1. The van der Waals surface area contributed by atoms with E-state index in [0.29, 0.717) is 18.3 Å². The number of hydrogen-bond donors (Lipinski definition) is 1. The lowest BCUT2D eigenvalue weighted by Crippen LogP contribution is -2.21. The molecule has 2 nitrogen and oxygen atoms in total. The molecule has 0 aromatic heterocycles. The summed E-state index contributed by atoms with van der Waals surface area (Å²) in [6, 6.07) is 10.3. The number of rotatable bonds is 5. The summed E-state index contributed by atoms with van der Waals surface area (Å²) in [7, 11) is 1.69. The normalized spacial score (nSPS) is 12.5. The fourth-order valence-corrected chi connectivity index (χ4v) is 1.96. The lowest BCUT2D eigenvalue weighted by atomic mass is 9.87. The zero-order chi connectivity index (χ0) is 12.0. The van der Waals surface area contributed by atoms with Crippen molar-refractivity contribution in [3.05, 3.63) is 35.9 Å². The average Bonchev–Trinajstić information content (AvgIpc) is 2.28. The van der Waals surface area contributed by atoms with Gasteiger partial charge in [0.2, 0.25) is 5.91 Å². The summed E-state index contributed by atoms with van der Waals surface area (Å²) in [6.45, 7) is 4.39. The third-order valence-corrected chi connectivity index (χ3v) is 2.74. The Bertz CT molecular complexity index is 319. The van der Waals surface area contributed by atoms with Gasteiger partial charge in [-0.2, -0.15) is 0 Å². The molecule has 2 heteroatoms. The highest BCUT2D eigenvalue weighted by Gasteiger charge is 2.16. The average molecular weight is 219 g/mol. The highest BCUT2D eigenvalue weighted by Crippen LogP contribution is 2.26. The molecule has 0 spiro atoms. The summed E-state index contributed by atoms with van der Waals surface area (Å²) in [5.74, 6) is 1.06. The smallest absolute Gasteiger partial charge is 0.220 e. The molecule has 1 atom stereocenters. The maximum absolute atomic E-state index is 11.5. The third-order valence-electron chi connectivity index (χ3n) is 2.74. The molecule has 0 heterocycles. The Morgan fingerprint density at radius 1 is 1.25 bits per heavy atom. The molecule has 0 aliphatic heterocycles. The van der Waals surface area contributed by atoms with Gasteiger partial charge in [-0.1, -0.05) is 44.2 Å². The van der Waals surface area contributed by atoms with Crippen LogP contribution in [-0.4, -0.2) is 13.0 Å². The molecule has 0 bridgehead atoms. The van der Waals surface area contributed by atoms with Crippen LogP contribution in [-0.2, 0) is 4.79 Å². The lowest BCUT2D eigenvalue weighted by Gasteiger charge is -2.18. The predicted molar refractivity (Wildman–Crippen MR) is 67.3 cm³/mol. The molecule has 1 amide bonds. The van der Waals surface area contributed by atoms with Gasteiger partial charge in [-0.05, 0) is 23.8 Å². The topological polar surface area (TPSA) is 29.1 Å². The molecule has 0 fully saturated rings. The van der Waals surface area contributed by atoms with Crippen molar-refractivity contribution in [2.75, 3.05) is 7.05 Å². The van der Waals surface area contributed by atoms with Crippen LogP contribution < -0.4 is 5.32 Å². The lowest BCUT2D eigenvalue weighted by molar-refractivity contribution is -0.121. The molecule has 16 heavy (non-hydrogen) atoms. The van der Waals surface area contributed by atoms with Crippen LogP contribution in [0.5, 0.6) is 0 Å². The highest BCUT2D eigenvalue weighted by atomic mass is 16.1. The fourth-order valence-electron chi connectivity index (χ4n) is 1.96. The molecular weight excluding hydrogens is 198 g/mol. The molecule has 0 saturated carbocycles. The summed E-state index contributed by atoms with van der Waals surface area (Å²) < 4.78 is 0. The van der Waals surface area contributed by atoms with Gasteiger partial charge in [-0.25, -0.2) is 0 Å². The molecule has 0 saturated heterocycles. The summed E-state index contributed by atoms with van der Waals surface area (Å²) in [4.78, 5) is 11.5. The van der Waals surface area contributed by atoms with Gasteiger partial charge in [-0.3, -0.25) is 4.79 Å². The quantitative estimate of drug-likeness (QED) is 0.810. The van der Waals surface area contributed by atoms with E-state index in [-0.39, 0.29) is 5.91 Å². The molecular formula is C14H21NO. The Kier molecular flexibility index (Phi) is 5.03. The first-order chi connectivity index (χ1) is 7.63. The molecule has 1 aromatic carbocycles. The molecule has 0 aliphatic carbocycles. The molecule has 0 aliphatic rings. The van der Waals surface area contributed by atoms with E-state index >= 15 is 0 Å². The first kappa shape index (κ1) is 12.8. The Labute approximate surface area is 98.1 Å². The van der Waals surface area contributed by atoms with Gasteiger partial charge in [0.05, 0.1) is 0 Å². The van der Waals surface area contributed by atoms with Gasteiger partial charge < -0.3 is 5.32 Å². The van der Waals surface area contributed by atoms with Crippen LogP contribution in [0, 0.1) is 5.92 Å². The summed E-state index contributed by atoms with van der Waals surface area (Å²) >= 11 is 0. The van der Waals surface area contributed by atoms with Crippen LogP contribution in [0.2, 0.25) is 0 Å². The van der Waals surface area contributed by atoms with Crippen molar-refractivity contribution in [3.63, 3.8) is 0 Å². The number of carbonyl (C=O) groups excluding carboxylic acids is 1. The van der Waals surface area contributed by atoms with Crippen molar-refractivity contribution in [3.8, 4) is 0 Å². The Morgan fingerprint density at radius 3 is 2.38 bits per heavy atom. The van der Waals surface area contributed by atoms with Gasteiger partial charge in [-0.15, -0.1) is 0 Å². The van der Waals surface area contributed by atoms with E-state index in [1.165, 1.54) is 5.56 Å². The highest BCUT2D eigenvalue weighted by molar-refractivity contribution is 5.76.